The summed E-state index contributed by atoms with van der Waals surface area (Å²) in [5.74, 6) is -0.407. The molecule has 0 aliphatic carbocycles. The molecule has 0 heterocycles. The van der Waals surface area contributed by atoms with Crippen molar-refractivity contribution in [1.82, 2.24) is 10.2 Å². The Balaban J connectivity index is 2.40. The average molecular weight is 235 g/mol. The monoisotopic (exact) mass is 235 g/mol. The van der Waals surface area contributed by atoms with Gasteiger partial charge in [-0.15, -0.1) is 0 Å². The van der Waals surface area contributed by atoms with Gasteiger partial charge in [0.05, 0.1) is 5.56 Å². The minimum absolute atomic E-state index is 0.109. The lowest BCUT2D eigenvalue weighted by molar-refractivity contribution is 0.394. The summed E-state index contributed by atoms with van der Waals surface area (Å²) in [5, 5.41) is 11.9. The SMILES string of the molecule is CN(C)CCCNCc1cccc(C#N)c1F. The van der Waals surface area contributed by atoms with Gasteiger partial charge in [-0.25, -0.2) is 4.39 Å². The van der Waals surface area contributed by atoms with Gasteiger partial charge >= 0.3 is 0 Å². The second-order valence-electron chi connectivity index (χ2n) is 4.22. The van der Waals surface area contributed by atoms with Crippen LogP contribution >= 0.6 is 0 Å². The quantitative estimate of drug-likeness (QED) is 0.763. The third kappa shape index (κ3) is 4.51. The zero-order valence-electron chi connectivity index (χ0n) is 10.3. The van der Waals surface area contributed by atoms with Crippen LogP contribution in [-0.4, -0.2) is 32.1 Å². The van der Waals surface area contributed by atoms with E-state index in [2.05, 4.69) is 10.2 Å². The van der Waals surface area contributed by atoms with Crippen molar-refractivity contribution in [3.8, 4) is 6.07 Å². The van der Waals surface area contributed by atoms with Gasteiger partial charge in [0.2, 0.25) is 0 Å². The first kappa shape index (κ1) is 13.6. The zero-order chi connectivity index (χ0) is 12.7. The Morgan fingerprint density at radius 2 is 2.18 bits per heavy atom. The summed E-state index contributed by atoms with van der Waals surface area (Å²) in [7, 11) is 4.05. The molecule has 0 radical (unpaired) electrons. The fourth-order valence-corrected chi connectivity index (χ4v) is 1.55. The molecule has 0 aromatic heterocycles. The van der Waals surface area contributed by atoms with Crippen molar-refractivity contribution in [2.45, 2.75) is 13.0 Å². The van der Waals surface area contributed by atoms with Crippen molar-refractivity contribution in [3.05, 3.63) is 35.1 Å². The summed E-state index contributed by atoms with van der Waals surface area (Å²) in [5.41, 5.74) is 0.659. The van der Waals surface area contributed by atoms with Gasteiger partial charge in [0.25, 0.3) is 0 Å². The summed E-state index contributed by atoms with van der Waals surface area (Å²) >= 11 is 0. The number of nitrogens with zero attached hydrogens (tertiary/aromatic N) is 2. The van der Waals surface area contributed by atoms with E-state index in [1.807, 2.05) is 20.2 Å². The largest absolute Gasteiger partial charge is 0.313 e. The predicted octanol–water partition coefficient (Wildman–Crippen LogP) is 1.74. The van der Waals surface area contributed by atoms with E-state index in [4.69, 9.17) is 5.26 Å². The van der Waals surface area contributed by atoms with Gasteiger partial charge in [-0.1, -0.05) is 12.1 Å². The number of hydrogen-bond acceptors (Lipinski definition) is 3. The Morgan fingerprint density at radius 3 is 2.82 bits per heavy atom. The first-order valence-corrected chi connectivity index (χ1v) is 5.68. The van der Waals surface area contributed by atoms with E-state index in [-0.39, 0.29) is 5.56 Å². The Morgan fingerprint density at radius 1 is 1.41 bits per heavy atom. The highest BCUT2D eigenvalue weighted by molar-refractivity contribution is 5.34. The molecule has 1 aromatic carbocycles. The molecule has 1 rings (SSSR count). The molecular weight excluding hydrogens is 217 g/mol. The third-order valence-corrected chi connectivity index (χ3v) is 2.47. The van der Waals surface area contributed by atoms with Crippen molar-refractivity contribution in [3.63, 3.8) is 0 Å². The van der Waals surface area contributed by atoms with Crippen molar-refractivity contribution < 1.29 is 4.39 Å². The molecule has 92 valence electrons. The van der Waals surface area contributed by atoms with Gasteiger partial charge in [-0.05, 0) is 39.7 Å². The van der Waals surface area contributed by atoms with Crippen LogP contribution in [0.3, 0.4) is 0 Å². The normalized spacial score (nSPS) is 10.5. The first-order valence-electron chi connectivity index (χ1n) is 5.68. The number of nitrogens with one attached hydrogen (secondary N) is 1. The van der Waals surface area contributed by atoms with Gasteiger partial charge in [-0.3, -0.25) is 0 Å². The Bertz CT molecular complexity index is 396. The van der Waals surface area contributed by atoms with Crippen LogP contribution in [0.15, 0.2) is 18.2 Å². The summed E-state index contributed by atoms with van der Waals surface area (Å²) in [6.07, 6.45) is 1.02. The average Bonchev–Trinajstić information content (AvgIpc) is 2.30. The van der Waals surface area contributed by atoms with Crippen molar-refractivity contribution >= 4 is 0 Å². The number of benzene rings is 1. The number of hydrogen-bond donors (Lipinski definition) is 1. The van der Waals surface area contributed by atoms with Crippen LogP contribution in [0.5, 0.6) is 0 Å². The number of nitriles is 1. The highest BCUT2D eigenvalue weighted by Crippen LogP contribution is 2.11. The fraction of sp³-hybridized carbons (Fsp3) is 0.462. The minimum atomic E-state index is -0.407. The van der Waals surface area contributed by atoms with Gasteiger partial charge in [-0.2, -0.15) is 5.26 Å². The van der Waals surface area contributed by atoms with Crippen LogP contribution in [-0.2, 0) is 6.54 Å². The van der Waals surface area contributed by atoms with Crippen LogP contribution < -0.4 is 5.32 Å². The van der Waals surface area contributed by atoms with E-state index in [0.717, 1.165) is 19.5 Å². The van der Waals surface area contributed by atoms with E-state index >= 15 is 0 Å². The number of halogens is 1. The minimum Gasteiger partial charge on any atom is -0.313 e. The van der Waals surface area contributed by atoms with Crippen LogP contribution in [0, 0.1) is 17.1 Å². The smallest absolute Gasteiger partial charge is 0.145 e. The second kappa shape index (κ2) is 7.00. The van der Waals surface area contributed by atoms with Gasteiger partial charge in [0.1, 0.15) is 11.9 Å². The molecule has 0 aliphatic heterocycles. The summed E-state index contributed by atoms with van der Waals surface area (Å²) in [6.45, 7) is 2.32. The molecule has 0 unspecified atom stereocenters. The molecule has 1 aromatic rings. The fourth-order valence-electron chi connectivity index (χ4n) is 1.55. The first-order chi connectivity index (χ1) is 8.15. The van der Waals surface area contributed by atoms with Crippen LogP contribution in [0.25, 0.3) is 0 Å². The maximum Gasteiger partial charge on any atom is 0.145 e. The lowest BCUT2D eigenvalue weighted by Gasteiger charge is -2.10. The van der Waals surface area contributed by atoms with E-state index in [1.165, 1.54) is 6.07 Å². The maximum atomic E-state index is 13.6. The third-order valence-electron chi connectivity index (χ3n) is 2.47. The molecule has 0 bridgehead atoms. The van der Waals surface area contributed by atoms with Crippen LogP contribution in [0.1, 0.15) is 17.5 Å². The molecule has 4 heteroatoms. The molecule has 17 heavy (non-hydrogen) atoms. The van der Waals surface area contributed by atoms with Crippen molar-refractivity contribution in [1.29, 1.82) is 5.26 Å². The topological polar surface area (TPSA) is 39.1 Å². The van der Waals surface area contributed by atoms with Gasteiger partial charge < -0.3 is 10.2 Å². The molecule has 0 atom stereocenters. The molecule has 0 aliphatic rings. The molecular formula is C13H18FN3. The lowest BCUT2D eigenvalue weighted by Crippen LogP contribution is -2.21. The highest BCUT2D eigenvalue weighted by Gasteiger charge is 2.06. The molecule has 3 nitrogen and oxygen atoms in total. The lowest BCUT2D eigenvalue weighted by atomic mass is 10.1. The highest BCUT2D eigenvalue weighted by atomic mass is 19.1. The Kier molecular flexibility index (Phi) is 5.61. The standard InChI is InChI=1S/C13H18FN3/c1-17(2)8-4-7-16-10-12-6-3-5-11(9-15)13(12)14/h3,5-6,16H,4,7-8,10H2,1-2H3. The summed E-state index contributed by atoms with van der Waals surface area (Å²) in [6, 6.07) is 6.74. The van der Waals surface area contributed by atoms with Crippen LogP contribution in [0.2, 0.25) is 0 Å². The van der Waals surface area contributed by atoms with E-state index in [9.17, 15) is 4.39 Å². The summed E-state index contributed by atoms with van der Waals surface area (Å²) < 4.78 is 13.6. The van der Waals surface area contributed by atoms with E-state index in [1.54, 1.807) is 12.1 Å². The van der Waals surface area contributed by atoms with Crippen molar-refractivity contribution in [2.75, 3.05) is 27.2 Å². The Labute approximate surface area is 102 Å². The van der Waals surface area contributed by atoms with Gasteiger partial charge in [0, 0.05) is 12.1 Å². The zero-order valence-corrected chi connectivity index (χ0v) is 10.3. The van der Waals surface area contributed by atoms with E-state index < -0.39 is 5.82 Å². The molecule has 1 N–H and O–H groups in total. The van der Waals surface area contributed by atoms with Crippen molar-refractivity contribution in [2.24, 2.45) is 0 Å². The molecule has 0 fully saturated rings. The molecule has 0 saturated heterocycles. The van der Waals surface area contributed by atoms with Gasteiger partial charge in [0.15, 0.2) is 0 Å². The number of rotatable bonds is 6. The summed E-state index contributed by atoms with van der Waals surface area (Å²) in [4.78, 5) is 2.11. The second-order valence-corrected chi connectivity index (χ2v) is 4.22. The van der Waals surface area contributed by atoms with E-state index in [0.29, 0.717) is 12.1 Å². The predicted molar refractivity (Wildman–Crippen MR) is 66.0 cm³/mol. The molecule has 0 amide bonds. The molecule has 0 saturated carbocycles. The maximum absolute atomic E-state index is 13.6. The van der Waals surface area contributed by atoms with Crippen LogP contribution in [0.4, 0.5) is 4.39 Å². The molecule has 0 spiro atoms. The Hall–Kier alpha value is -1.44.